The lowest BCUT2D eigenvalue weighted by atomic mass is 9.82. The van der Waals surface area contributed by atoms with Gasteiger partial charge in [0.15, 0.2) is 0 Å². The summed E-state index contributed by atoms with van der Waals surface area (Å²) in [6.45, 7) is 0.363. The van der Waals surface area contributed by atoms with Crippen molar-refractivity contribution in [3.8, 4) is 28.6 Å². The van der Waals surface area contributed by atoms with Crippen LogP contribution in [0.5, 0.6) is 17.4 Å². The number of amides is 2. The molecule has 0 unspecified atom stereocenters. The number of methoxy groups -OCH3 is 1. The first-order valence-electron chi connectivity index (χ1n) is 15.0. The number of rotatable bonds is 11. The van der Waals surface area contributed by atoms with Crippen molar-refractivity contribution in [3.05, 3.63) is 57.9 Å². The number of alkyl halides is 3. The summed E-state index contributed by atoms with van der Waals surface area (Å²) in [6.07, 6.45) is 1.57. The lowest BCUT2D eigenvalue weighted by Crippen LogP contribution is -2.40. The number of hydrogen-bond donors (Lipinski definition) is 3. The molecule has 2 atom stereocenters. The summed E-state index contributed by atoms with van der Waals surface area (Å²) < 4.78 is 61.2. The van der Waals surface area contributed by atoms with Gasteiger partial charge in [0.25, 0.3) is 5.91 Å². The topological polar surface area (TPSA) is 164 Å². The number of hydrogen-bond acceptors (Lipinski definition) is 9. The standard InChI is InChI=1S/C32H32ClF3N6O5/c1-31(30(38)44)14-46-27-20(31)11-22(42-26(27)19-7-8-39-29(45-2)24(19)33)21(32(34,35)36)13-41-28(43)15-9-16(12-40-17-3-4-17)25(37)23(10-15)47-18-5-6-18/h7-12,17-18,21H,3-6,13-14,37H2,1-2H3,(H2,38,44)(H,41,43)/t21-,31+/m1/s1. The predicted molar refractivity (Wildman–Crippen MR) is 167 cm³/mol. The fourth-order valence-corrected chi connectivity index (χ4v) is 5.44. The number of fused-ring (bicyclic) bond motifs is 1. The van der Waals surface area contributed by atoms with Crippen LogP contribution in [0, 0.1) is 0 Å². The predicted octanol–water partition coefficient (Wildman–Crippen LogP) is 4.72. The SMILES string of the molecule is COc1nccc(-c2nc([C@@H](CNC(=O)c3cc(C=NC4CC4)c(N)c(OC4CC4)c3)C(F)(F)F)cc3c2OC[C@]3(C)C(N)=O)c1Cl. The average molecular weight is 673 g/mol. The van der Waals surface area contributed by atoms with E-state index in [1.165, 1.54) is 38.4 Å². The van der Waals surface area contributed by atoms with E-state index in [0.717, 1.165) is 31.7 Å². The largest absolute Gasteiger partial charge is 0.489 e. The molecule has 0 bridgehead atoms. The molecule has 2 fully saturated rings. The minimum atomic E-state index is -4.88. The van der Waals surface area contributed by atoms with Crippen molar-refractivity contribution < 1.29 is 37.0 Å². The maximum absolute atomic E-state index is 14.8. The van der Waals surface area contributed by atoms with Crippen LogP contribution in [-0.2, 0) is 10.2 Å². The zero-order valence-corrected chi connectivity index (χ0v) is 26.2. The fourth-order valence-electron chi connectivity index (χ4n) is 5.16. The Morgan fingerprint density at radius 1 is 1.26 bits per heavy atom. The third kappa shape index (κ3) is 6.51. The molecule has 3 heterocycles. The highest BCUT2D eigenvalue weighted by atomic mass is 35.5. The number of benzene rings is 1. The van der Waals surface area contributed by atoms with Crippen LogP contribution in [0.1, 0.15) is 65.7 Å². The Morgan fingerprint density at radius 2 is 2.00 bits per heavy atom. The third-order valence-electron chi connectivity index (χ3n) is 8.39. The summed E-state index contributed by atoms with van der Waals surface area (Å²) in [4.78, 5) is 38.8. The van der Waals surface area contributed by atoms with E-state index in [2.05, 4.69) is 20.3 Å². The number of anilines is 1. The Kier molecular flexibility index (Phi) is 8.41. The molecular weight excluding hydrogens is 641 g/mol. The zero-order chi connectivity index (χ0) is 33.7. The fraction of sp³-hybridized carbons (Fsp3) is 0.406. The molecule has 47 heavy (non-hydrogen) atoms. The van der Waals surface area contributed by atoms with Crippen LogP contribution < -0.4 is 31.0 Å². The van der Waals surface area contributed by atoms with Gasteiger partial charge in [-0.15, -0.1) is 0 Å². The Bertz CT molecular complexity index is 1780. The zero-order valence-electron chi connectivity index (χ0n) is 25.5. The van der Waals surface area contributed by atoms with Crippen molar-refractivity contribution in [2.45, 2.75) is 62.3 Å². The van der Waals surface area contributed by atoms with Crippen molar-refractivity contribution >= 4 is 35.3 Å². The van der Waals surface area contributed by atoms with Gasteiger partial charge < -0.3 is 31.0 Å². The average Bonchev–Trinajstić information content (AvgIpc) is 3.97. The van der Waals surface area contributed by atoms with Crippen molar-refractivity contribution in [1.29, 1.82) is 0 Å². The Labute approximate surface area is 272 Å². The van der Waals surface area contributed by atoms with E-state index in [1.807, 2.05) is 0 Å². The summed E-state index contributed by atoms with van der Waals surface area (Å²) in [5.74, 6) is -3.55. The third-order valence-corrected chi connectivity index (χ3v) is 8.75. The second kappa shape index (κ2) is 12.2. The number of primary amides is 1. The molecule has 5 N–H and O–H groups in total. The molecule has 0 spiro atoms. The molecule has 0 saturated heterocycles. The summed E-state index contributed by atoms with van der Waals surface area (Å²) in [5.41, 5.74) is 11.1. The lowest BCUT2D eigenvalue weighted by Gasteiger charge is -2.24. The van der Waals surface area contributed by atoms with Crippen LogP contribution in [0.15, 0.2) is 35.5 Å². The summed E-state index contributed by atoms with van der Waals surface area (Å²) in [5, 5.41) is 2.38. The van der Waals surface area contributed by atoms with Crippen molar-refractivity contribution in [3.63, 3.8) is 0 Å². The van der Waals surface area contributed by atoms with Gasteiger partial charge in [-0.05, 0) is 56.9 Å². The molecule has 2 saturated carbocycles. The van der Waals surface area contributed by atoms with E-state index >= 15 is 0 Å². The van der Waals surface area contributed by atoms with Gasteiger partial charge in [-0.2, -0.15) is 13.2 Å². The van der Waals surface area contributed by atoms with E-state index in [4.69, 9.17) is 37.3 Å². The van der Waals surface area contributed by atoms with E-state index in [0.29, 0.717) is 11.3 Å². The molecule has 1 aliphatic heterocycles. The molecule has 3 aromatic rings. The number of nitrogen functional groups attached to an aromatic ring is 1. The van der Waals surface area contributed by atoms with Gasteiger partial charge in [0, 0.05) is 41.2 Å². The van der Waals surface area contributed by atoms with Crippen molar-refractivity contribution in [2.75, 3.05) is 26.0 Å². The number of pyridine rings is 2. The van der Waals surface area contributed by atoms with Gasteiger partial charge in [-0.1, -0.05) is 11.6 Å². The molecule has 248 valence electrons. The van der Waals surface area contributed by atoms with E-state index in [1.54, 1.807) is 6.21 Å². The first kappa shape index (κ1) is 32.4. The van der Waals surface area contributed by atoms with Crippen molar-refractivity contribution in [1.82, 2.24) is 15.3 Å². The van der Waals surface area contributed by atoms with Crippen LogP contribution in [0.25, 0.3) is 11.3 Å². The van der Waals surface area contributed by atoms with Gasteiger partial charge in [0.05, 0.1) is 30.6 Å². The maximum Gasteiger partial charge on any atom is 0.398 e. The molecule has 2 aromatic heterocycles. The second-order valence-corrected chi connectivity index (χ2v) is 12.4. The number of carbonyl (C=O) groups excluding carboxylic acids is 2. The van der Waals surface area contributed by atoms with E-state index < -0.39 is 41.6 Å². The molecule has 6 rings (SSSR count). The quantitative estimate of drug-likeness (QED) is 0.195. The highest BCUT2D eigenvalue weighted by Gasteiger charge is 2.47. The molecule has 2 aliphatic carbocycles. The number of ether oxygens (including phenoxy) is 3. The van der Waals surface area contributed by atoms with E-state index in [-0.39, 0.29) is 63.5 Å². The molecule has 0 radical (unpaired) electrons. The van der Waals surface area contributed by atoms with Gasteiger partial charge in [-0.25, -0.2) is 9.97 Å². The summed E-state index contributed by atoms with van der Waals surface area (Å²) in [7, 11) is 1.33. The summed E-state index contributed by atoms with van der Waals surface area (Å²) >= 11 is 6.50. The minimum absolute atomic E-state index is 0.00971. The maximum atomic E-state index is 14.8. The van der Waals surface area contributed by atoms with Gasteiger partial charge in [0.2, 0.25) is 11.8 Å². The van der Waals surface area contributed by atoms with Gasteiger partial charge in [0.1, 0.15) is 40.2 Å². The van der Waals surface area contributed by atoms with Gasteiger partial charge in [-0.3, -0.25) is 14.6 Å². The van der Waals surface area contributed by atoms with Crippen LogP contribution in [0.2, 0.25) is 5.02 Å². The van der Waals surface area contributed by atoms with Crippen molar-refractivity contribution in [2.24, 2.45) is 10.7 Å². The Morgan fingerprint density at radius 3 is 2.64 bits per heavy atom. The number of aliphatic imine (C=N–C) groups is 1. The molecular formula is C32H32ClF3N6O5. The number of carbonyl (C=O) groups is 2. The molecule has 11 nitrogen and oxygen atoms in total. The van der Waals surface area contributed by atoms with Crippen LogP contribution >= 0.6 is 11.6 Å². The number of aromatic nitrogens is 2. The first-order valence-corrected chi connectivity index (χ1v) is 15.3. The highest BCUT2D eigenvalue weighted by molar-refractivity contribution is 6.34. The number of halogens is 4. The van der Waals surface area contributed by atoms with Crippen LogP contribution in [-0.4, -0.2) is 66.6 Å². The second-order valence-electron chi connectivity index (χ2n) is 12.0. The summed E-state index contributed by atoms with van der Waals surface area (Å²) in [6, 6.07) is 5.66. The first-order chi connectivity index (χ1) is 22.3. The Balaban J connectivity index is 1.37. The minimum Gasteiger partial charge on any atom is -0.489 e. The molecule has 3 aliphatic rings. The van der Waals surface area contributed by atoms with Crippen LogP contribution in [0.4, 0.5) is 18.9 Å². The Hall–Kier alpha value is -4.59. The number of nitrogens with one attached hydrogen (secondary N) is 1. The molecule has 1 aromatic carbocycles. The van der Waals surface area contributed by atoms with E-state index in [9.17, 15) is 22.8 Å². The normalized spacial score (nSPS) is 19.6. The van der Waals surface area contributed by atoms with Gasteiger partial charge >= 0.3 is 6.18 Å². The molecule has 2 amide bonds. The highest BCUT2D eigenvalue weighted by Crippen LogP contribution is 2.48. The monoisotopic (exact) mass is 672 g/mol. The molecule has 15 heteroatoms. The van der Waals surface area contributed by atoms with Crippen LogP contribution in [0.3, 0.4) is 0 Å². The smallest absolute Gasteiger partial charge is 0.398 e. The number of nitrogens with two attached hydrogens (primary N) is 2. The number of nitrogens with zero attached hydrogens (tertiary/aromatic N) is 3. The lowest BCUT2D eigenvalue weighted by molar-refractivity contribution is -0.149.